The molecule has 0 unspecified atom stereocenters. The summed E-state index contributed by atoms with van der Waals surface area (Å²) in [6, 6.07) is 9.92. The molecular formula is C13H10N2O3. The molecule has 0 bridgehead atoms. The highest BCUT2D eigenvalue weighted by Crippen LogP contribution is 2.22. The van der Waals surface area contributed by atoms with Gasteiger partial charge < -0.3 is 9.84 Å². The molecule has 0 amide bonds. The normalized spacial score (nSPS) is 9.78. The van der Waals surface area contributed by atoms with Crippen molar-refractivity contribution in [2.75, 3.05) is 0 Å². The number of aromatic nitrogens is 1. The quantitative estimate of drug-likeness (QED) is 0.836. The predicted molar refractivity (Wildman–Crippen MR) is 66.9 cm³/mol. The fourth-order valence-corrected chi connectivity index (χ4v) is 1.31. The molecule has 5 heteroatoms. The zero-order chi connectivity index (χ0) is 13.0. The van der Waals surface area contributed by atoms with Crippen LogP contribution in [0, 0.1) is 0 Å². The SMILES string of the molecule is C=Nc1ccc(Oc2ccc(C(=O)O)cn2)cc1. The Morgan fingerprint density at radius 1 is 1.22 bits per heavy atom. The maximum Gasteiger partial charge on any atom is 0.337 e. The van der Waals surface area contributed by atoms with Gasteiger partial charge in [0.05, 0.1) is 11.3 Å². The topological polar surface area (TPSA) is 71.8 Å². The molecule has 18 heavy (non-hydrogen) atoms. The molecule has 0 aliphatic heterocycles. The van der Waals surface area contributed by atoms with E-state index in [2.05, 4.69) is 16.7 Å². The van der Waals surface area contributed by atoms with E-state index in [1.807, 2.05) is 0 Å². The van der Waals surface area contributed by atoms with Crippen LogP contribution in [0.15, 0.2) is 47.6 Å². The maximum absolute atomic E-state index is 10.6. The van der Waals surface area contributed by atoms with Gasteiger partial charge in [0, 0.05) is 12.3 Å². The van der Waals surface area contributed by atoms with Crippen LogP contribution >= 0.6 is 0 Å². The van der Waals surface area contributed by atoms with E-state index in [0.717, 1.165) is 5.69 Å². The van der Waals surface area contributed by atoms with E-state index in [9.17, 15) is 4.79 Å². The van der Waals surface area contributed by atoms with Crippen LogP contribution in [0.2, 0.25) is 0 Å². The summed E-state index contributed by atoms with van der Waals surface area (Å²) in [6.07, 6.45) is 1.25. The lowest BCUT2D eigenvalue weighted by atomic mass is 10.3. The van der Waals surface area contributed by atoms with Gasteiger partial charge in [-0.3, -0.25) is 4.99 Å². The maximum atomic E-state index is 10.6. The van der Waals surface area contributed by atoms with Crippen molar-refractivity contribution < 1.29 is 14.6 Å². The number of nitrogens with zero attached hydrogens (tertiary/aromatic N) is 2. The van der Waals surface area contributed by atoms with Crippen molar-refractivity contribution in [3.05, 3.63) is 48.2 Å². The summed E-state index contributed by atoms with van der Waals surface area (Å²) in [6.45, 7) is 3.41. The largest absolute Gasteiger partial charge is 0.478 e. The summed E-state index contributed by atoms with van der Waals surface area (Å²) >= 11 is 0. The van der Waals surface area contributed by atoms with Gasteiger partial charge in [-0.1, -0.05) is 0 Å². The van der Waals surface area contributed by atoms with E-state index < -0.39 is 5.97 Å². The van der Waals surface area contributed by atoms with E-state index in [4.69, 9.17) is 9.84 Å². The van der Waals surface area contributed by atoms with Crippen LogP contribution in [0.3, 0.4) is 0 Å². The van der Waals surface area contributed by atoms with Crippen LogP contribution in [-0.4, -0.2) is 22.8 Å². The number of benzene rings is 1. The number of hydrogen-bond acceptors (Lipinski definition) is 4. The first-order valence-electron chi connectivity index (χ1n) is 5.13. The molecule has 0 radical (unpaired) electrons. The van der Waals surface area contributed by atoms with Gasteiger partial charge in [-0.2, -0.15) is 0 Å². The molecule has 0 fully saturated rings. The molecule has 0 saturated heterocycles. The van der Waals surface area contributed by atoms with Crippen molar-refractivity contribution in [2.24, 2.45) is 4.99 Å². The molecule has 90 valence electrons. The summed E-state index contributed by atoms with van der Waals surface area (Å²) in [5.41, 5.74) is 0.866. The minimum absolute atomic E-state index is 0.119. The highest BCUT2D eigenvalue weighted by atomic mass is 16.5. The molecule has 0 atom stereocenters. The Labute approximate surface area is 103 Å². The standard InChI is InChI=1S/C13H10N2O3/c1-14-10-3-5-11(6-4-10)18-12-7-2-9(8-15-12)13(16)17/h2-8H,1H2,(H,16,17). The fourth-order valence-electron chi connectivity index (χ4n) is 1.31. The third-order valence-electron chi connectivity index (χ3n) is 2.23. The molecule has 1 aromatic heterocycles. The van der Waals surface area contributed by atoms with Gasteiger partial charge in [0.2, 0.25) is 5.88 Å². The first-order chi connectivity index (χ1) is 8.69. The number of pyridine rings is 1. The second-order valence-corrected chi connectivity index (χ2v) is 3.44. The first-order valence-corrected chi connectivity index (χ1v) is 5.13. The molecule has 0 aliphatic rings. The van der Waals surface area contributed by atoms with E-state index >= 15 is 0 Å². The molecule has 5 nitrogen and oxygen atoms in total. The lowest BCUT2D eigenvalue weighted by molar-refractivity contribution is 0.0696. The van der Waals surface area contributed by atoms with Gasteiger partial charge >= 0.3 is 5.97 Å². The van der Waals surface area contributed by atoms with Crippen molar-refractivity contribution in [3.8, 4) is 11.6 Å². The number of rotatable bonds is 4. The second-order valence-electron chi connectivity index (χ2n) is 3.44. The summed E-state index contributed by atoms with van der Waals surface area (Å²) in [5.74, 6) is -0.0900. The highest BCUT2D eigenvalue weighted by molar-refractivity contribution is 5.87. The Bertz CT molecular complexity index is 562. The zero-order valence-electron chi connectivity index (χ0n) is 9.41. The Balaban J connectivity index is 2.12. The van der Waals surface area contributed by atoms with E-state index in [0.29, 0.717) is 11.6 Å². The third kappa shape index (κ3) is 2.70. The Hall–Kier alpha value is -2.69. The van der Waals surface area contributed by atoms with Crippen LogP contribution in [0.4, 0.5) is 5.69 Å². The molecule has 0 spiro atoms. The van der Waals surface area contributed by atoms with Gasteiger partial charge in [0.25, 0.3) is 0 Å². The zero-order valence-corrected chi connectivity index (χ0v) is 9.41. The van der Waals surface area contributed by atoms with Crippen LogP contribution in [0.25, 0.3) is 0 Å². The number of aliphatic imine (C=N–C) groups is 1. The highest BCUT2D eigenvalue weighted by Gasteiger charge is 2.04. The van der Waals surface area contributed by atoms with Crippen molar-refractivity contribution >= 4 is 18.4 Å². The summed E-state index contributed by atoms with van der Waals surface area (Å²) in [7, 11) is 0. The lowest BCUT2D eigenvalue weighted by Crippen LogP contribution is -1.97. The number of carboxylic acid groups (broad SMARTS) is 1. The average Bonchev–Trinajstić information content (AvgIpc) is 2.40. The molecule has 1 N–H and O–H groups in total. The van der Waals surface area contributed by atoms with Crippen molar-refractivity contribution in [3.63, 3.8) is 0 Å². The molecular weight excluding hydrogens is 232 g/mol. The summed E-state index contributed by atoms with van der Waals surface area (Å²) in [4.78, 5) is 18.3. The van der Waals surface area contributed by atoms with Crippen LogP contribution in [-0.2, 0) is 0 Å². The van der Waals surface area contributed by atoms with E-state index in [1.54, 1.807) is 24.3 Å². The third-order valence-corrected chi connectivity index (χ3v) is 2.23. The molecule has 0 saturated carbocycles. The summed E-state index contributed by atoms with van der Waals surface area (Å²) in [5, 5.41) is 8.73. The Kier molecular flexibility index (Phi) is 3.33. The second kappa shape index (κ2) is 5.09. The molecule has 0 aliphatic carbocycles. The molecule has 1 heterocycles. The van der Waals surface area contributed by atoms with Crippen LogP contribution < -0.4 is 4.74 Å². The Morgan fingerprint density at radius 3 is 2.44 bits per heavy atom. The van der Waals surface area contributed by atoms with Crippen molar-refractivity contribution in [2.45, 2.75) is 0 Å². The van der Waals surface area contributed by atoms with Gasteiger partial charge in [-0.05, 0) is 37.0 Å². The molecule has 2 rings (SSSR count). The van der Waals surface area contributed by atoms with E-state index in [-0.39, 0.29) is 5.56 Å². The number of aromatic carboxylic acids is 1. The monoisotopic (exact) mass is 242 g/mol. The minimum atomic E-state index is -1.02. The summed E-state index contributed by atoms with van der Waals surface area (Å²) < 4.78 is 5.45. The first kappa shape index (κ1) is 11.8. The number of hydrogen-bond donors (Lipinski definition) is 1. The predicted octanol–water partition coefficient (Wildman–Crippen LogP) is 2.90. The van der Waals surface area contributed by atoms with Gasteiger partial charge in [-0.15, -0.1) is 0 Å². The van der Waals surface area contributed by atoms with Gasteiger partial charge in [0.1, 0.15) is 5.75 Å². The van der Waals surface area contributed by atoms with E-state index in [1.165, 1.54) is 18.3 Å². The lowest BCUT2D eigenvalue weighted by Gasteiger charge is -2.04. The van der Waals surface area contributed by atoms with Gasteiger partial charge in [-0.25, -0.2) is 9.78 Å². The van der Waals surface area contributed by atoms with Crippen molar-refractivity contribution in [1.29, 1.82) is 0 Å². The van der Waals surface area contributed by atoms with Crippen LogP contribution in [0.1, 0.15) is 10.4 Å². The minimum Gasteiger partial charge on any atom is -0.478 e. The number of carbonyl (C=O) groups is 1. The number of ether oxygens (including phenoxy) is 1. The molecule has 2 aromatic rings. The number of carboxylic acids is 1. The van der Waals surface area contributed by atoms with Crippen LogP contribution in [0.5, 0.6) is 11.6 Å². The average molecular weight is 242 g/mol. The van der Waals surface area contributed by atoms with Crippen molar-refractivity contribution in [1.82, 2.24) is 4.98 Å². The fraction of sp³-hybridized carbons (Fsp3) is 0. The Morgan fingerprint density at radius 2 is 1.94 bits per heavy atom. The smallest absolute Gasteiger partial charge is 0.337 e. The molecule has 1 aromatic carbocycles. The van der Waals surface area contributed by atoms with Gasteiger partial charge in [0.15, 0.2) is 0 Å².